The molecule has 1 aliphatic rings. The molecule has 1 heterocycles. The molecule has 0 saturated carbocycles. The molecule has 0 radical (unpaired) electrons. The highest BCUT2D eigenvalue weighted by Gasteiger charge is 2.29. The highest BCUT2D eigenvalue weighted by Crippen LogP contribution is 2.15. The Labute approximate surface area is 68.7 Å². The van der Waals surface area contributed by atoms with Crippen LogP contribution in [-0.4, -0.2) is 35.1 Å². The summed E-state index contributed by atoms with van der Waals surface area (Å²) in [6.07, 6.45) is 1.12. The molecule has 0 aromatic rings. The highest BCUT2D eigenvalue weighted by atomic mass is 16.5. The van der Waals surface area contributed by atoms with Crippen LogP contribution in [0.25, 0.3) is 10.4 Å². The van der Waals surface area contributed by atoms with Gasteiger partial charge in [-0.05, 0) is 11.6 Å². The van der Waals surface area contributed by atoms with Crippen molar-refractivity contribution in [2.45, 2.75) is 18.2 Å². The van der Waals surface area contributed by atoms with E-state index in [0.29, 0.717) is 0 Å². The van der Waals surface area contributed by atoms with Crippen molar-refractivity contribution in [2.24, 2.45) is 5.11 Å². The van der Waals surface area contributed by atoms with Crippen LogP contribution in [0.1, 0.15) is 0 Å². The molecule has 0 saturated heterocycles. The highest BCUT2D eigenvalue weighted by molar-refractivity contribution is 5.00. The number of rotatable bonds is 2. The summed E-state index contributed by atoms with van der Waals surface area (Å²) in [6, 6.07) is -0.745. The molecule has 0 aliphatic carbocycles. The van der Waals surface area contributed by atoms with E-state index >= 15 is 0 Å². The Hall–Kier alpha value is -1.23. The number of hydrogen-bond acceptors (Lipinski definition) is 4. The molecular formula is C6H9N3O3. The Balaban J connectivity index is 2.75. The maximum atomic E-state index is 9.26. The standard InChI is InChI=1S/C6H9N3O3/c7-9-8-6-4(11)1-2-12-5(6)3-10/h1-2,4-6,10-11H,3H2/t4-,5-,6-/m1/s1. The topological polar surface area (TPSA) is 98.5 Å². The molecule has 1 rings (SSSR count). The second kappa shape index (κ2) is 3.96. The molecule has 6 heteroatoms. The third-order valence-corrected chi connectivity index (χ3v) is 1.62. The van der Waals surface area contributed by atoms with Gasteiger partial charge in [0.25, 0.3) is 0 Å². The van der Waals surface area contributed by atoms with Crippen molar-refractivity contribution in [1.82, 2.24) is 0 Å². The van der Waals surface area contributed by atoms with Crippen LogP contribution in [0.3, 0.4) is 0 Å². The van der Waals surface area contributed by atoms with Crippen molar-refractivity contribution < 1.29 is 14.9 Å². The van der Waals surface area contributed by atoms with Crippen LogP contribution in [0.4, 0.5) is 0 Å². The summed E-state index contributed by atoms with van der Waals surface area (Å²) >= 11 is 0. The summed E-state index contributed by atoms with van der Waals surface area (Å²) in [7, 11) is 0. The van der Waals surface area contributed by atoms with Gasteiger partial charge in [-0.15, -0.1) is 0 Å². The summed E-state index contributed by atoms with van der Waals surface area (Å²) in [5, 5.41) is 21.3. The van der Waals surface area contributed by atoms with Gasteiger partial charge in [-0.1, -0.05) is 5.11 Å². The molecule has 0 aromatic heterocycles. The Morgan fingerprint density at radius 1 is 1.67 bits per heavy atom. The number of azide groups is 1. The first-order chi connectivity index (χ1) is 5.79. The average Bonchev–Trinajstić information content (AvgIpc) is 2.09. The molecule has 0 fully saturated rings. The summed E-state index contributed by atoms with van der Waals surface area (Å²) in [4.78, 5) is 2.55. The van der Waals surface area contributed by atoms with E-state index in [4.69, 9.17) is 15.4 Å². The number of ether oxygens (including phenoxy) is 1. The van der Waals surface area contributed by atoms with E-state index < -0.39 is 18.2 Å². The Bertz CT molecular complexity index is 224. The molecule has 66 valence electrons. The van der Waals surface area contributed by atoms with Gasteiger partial charge in [0.05, 0.1) is 19.0 Å². The lowest BCUT2D eigenvalue weighted by Crippen LogP contribution is -2.40. The lowest BCUT2D eigenvalue weighted by atomic mass is 10.0. The fourth-order valence-electron chi connectivity index (χ4n) is 0.994. The van der Waals surface area contributed by atoms with Crippen LogP contribution in [0.5, 0.6) is 0 Å². The largest absolute Gasteiger partial charge is 0.495 e. The molecule has 6 nitrogen and oxygen atoms in total. The molecule has 1 aliphatic heterocycles. The van der Waals surface area contributed by atoms with Crippen LogP contribution in [-0.2, 0) is 4.74 Å². The predicted molar refractivity (Wildman–Crippen MR) is 40.0 cm³/mol. The van der Waals surface area contributed by atoms with Crippen molar-refractivity contribution in [3.8, 4) is 0 Å². The zero-order valence-electron chi connectivity index (χ0n) is 6.24. The maximum Gasteiger partial charge on any atom is 0.132 e. The normalized spacial score (nSPS) is 33.7. The first-order valence-corrected chi connectivity index (χ1v) is 3.45. The van der Waals surface area contributed by atoms with E-state index in [1.165, 1.54) is 12.3 Å². The van der Waals surface area contributed by atoms with E-state index in [1.54, 1.807) is 0 Å². The molecule has 0 aromatic carbocycles. The summed E-state index contributed by atoms with van der Waals surface area (Å²) in [5.74, 6) is 0. The quantitative estimate of drug-likeness (QED) is 0.345. The van der Waals surface area contributed by atoms with Gasteiger partial charge >= 0.3 is 0 Å². The zero-order chi connectivity index (χ0) is 8.97. The number of hydrogen-bond donors (Lipinski definition) is 2. The van der Waals surface area contributed by atoms with Crippen molar-refractivity contribution in [1.29, 1.82) is 0 Å². The molecule has 0 spiro atoms. The Kier molecular flexibility index (Phi) is 2.93. The third-order valence-electron chi connectivity index (χ3n) is 1.62. The second-order valence-electron chi connectivity index (χ2n) is 2.37. The zero-order valence-corrected chi connectivity index (χ0v) is 6.24. The average molecular weight is 171 g/mol. The molecule has 0 bridgehead atoms. The van der Waals surface area contributed by atoms with E-state index in [-0.39, 0.29) is 6.61 Å². The summed E-state index contributed by atoms with van der Waals surface area (Å²) in [5.41, 5.74) is 8.14. The SMILES string of the molecule is [N-]=[N+]=N[C@@H]1[C@H](O)C=CO[C@@H]1CO. The summed E-state index contributed by atoms with van der Waals surface area (Å²) < 4.78 is 4.91. The first kappa shape index (κ1) is 8.86. The van der Waals surface area contributed by atoms with Crippen molar-refractivity contribution in [3.05, 3.63) is 22.8 Å². The lowest BCUT2D eigenvalue weighted by molar-refractivity contribution is 0.00771. The summed E-state index contributed by atoms with van der Waals surface area (Å²) in [6.45, 7) is -0.287. The van der Waals surface area contributed by atoms with Gasteiger partial charge in [0.2, 0.25) is 0 Å². The number of aliphatic hydroxyl groups is 2. The van der Waals surface area contributed by atoms with Crippen molar-refractivity contribution >= 4 is 0 Å². The van der Waals surface area contributed by atoms with Gasteiger partial charge in [0.15, 0.2) is 0 Å². The third kappa shape index (κ3) is 1.68. The molecule has 0 unspecified atom stereocenters. The molecule has 2 N–H and O–H groups in total. The Morgan fingerprint density at radius 2 is 2.42 bits per heavy atom. The fraction of sp³-hybridized carbons (Fsp3) is 0.667. The van der Waals surface area contributed by atoms with Crippen LogP contribution >= 0.6 is 0 Å². The minimum atomic E-state index is -0.883. The molecule has 0 amide bonds. The fourth-order valence-corrected chi connectivity index (χ4v) is 0.994. The maximum absolute atomic E-state index is 9.26. The molecular weight excluding hydrogens is 162 g/mol. The first-order valence-electron chi connectivity index (χ1n) is 3.45. The van der Waals surface area contributed by atoms with Crippen LogP contribution < -0.4 is 0 Å². The van der Waals surface area contributed by atoms with Gasteiger partial charge in [0, 0.05) is 4.91 Å². The van der Waals surface area contributed by atoms with Crippen LogP contribution in [0.15, 0.2) is 17.5 Å². The number of aliphatic hydroxyl groups excluding tert-OH is 2. The monoisotopic (exact) mass is 171 g/mol. The molecule has 3 atom stereocenters. The Morgan fingerprint density at radius 3 is 3.00 bits per heavy atom. The van der Waals surface area contributed by atoms with Gasteiger partial charge in [-0.2, -0.15) is 0 Å². The van der Waals surface area contributed by atoms with E-state index in [2.05, 4.69) is 10.0 Å². The molecule has 12 heavy (non-hydrogen) atoms. The van der Waals surface area contributed by atoms with Gasteiger partial charge < -0.3 is 14.9 Å². The predicted octanol–water partition coefficient (Wildman–Crippen LogP) is -0.0690. The lowest BCUT2D eigenvalue weighted by Gasteiger charge is -2.27. The second-order valence-corrected chi connectivity index (χ2v) is 2.37. The van der Waals surface area contributed by atoms with E-state index in [9.17, 15) is 5.11 Å². The van der Waals surface area contributed by atoms with Crippen molar-refractivity contribution in [2.75, 3.05) is 6.61 Å². The number of nitrogens with zero attached hydrogens (tertiary/aromatic N) is 3. The minimum Gasteiger partial charge on any atom is -0.495 e. The van der Waals surface area contributed by atoms with Gasteiger partial charge in [0.1, 0.15) is 12.1 Å². The van der Waals surface area contributed by atoms with E-state index in [0.717, 1.165) is 0 Å². The van der Waals surface area contributed by atoms with Crippen LogP contribution in [0, 0.1) is 0 Å². The smallest absolute Gasteiger partial charge is 0.132 e. The van der Waals surface area contributed by atoms with Gasteiger partial charge in [-0.25, -0.2) is 0 Å². The van der Waals surface area contributed by atoms with Crippen LogP contribution in [0.2, 0.25) is 0 Å². The van der Waals surface area contributed by atoms with Crippen molar-refractivity contribution in [3.63, 3.8) is 0 Å². The van der Waals surface area contributed by atoms with E-state index in [1.807, 2.05) is 0 Å². The minimum absolute atomic E-state index is 0.287. The van der Waals surface area contributed by atoms with Gasteiger partial charge in [-0.3, -0.25) is 0 Å².